The summed E-state index contributed by atoms with van der Waals surface area (Å²) in [6.07, 6.45) is 3.30. The highest BCUT2D eigenvalue weighted by Crippen LogP contribution is 2.30. The Morgan fingerprint density at radius 1 is 1.12 bits per heavy atom. The molecule has 0 saturated carbocycles. The van der Waals surface area contributed by atoms with Crippen LogP contribution in [0.4, 0.5) is 4.39 Å². The Morgan fingerprint density at radius 2 is 1.97 bits per heavy atom. The molecule has 10 heteroatoms. The number of ether oxygens (including phenoxy) is 2. The lowest BCUT2D eigenvalue weighted by Crippen LogP contribution is -2.43. The van der Waals surface area contributed by atoms with E-state index in [2.05, 4.69) is 5.32 Å². The van der Waals surface area contributed by atoms with Crippen LogP contribution in [-0.2, 0) is 14.3 Å². The van der Waals surface area contributed by atoms with Gasteiger partial charge >= 0.3 is 5.97 Å². The van der Waals surface area contributed by atoms with E-state index in [1.807, 2.05) is 4.90 Å². The van der Waals surface area contributed by atoms with Crippen LogP contribution in [0.15, 0.2) is 29.6 Å². The molecule has 0 spiro atoms. The minimum absolute atomic E-state index is 0.0434. The van der Waals surface area contributed by atoms with Gasteiger partial charge in [-0.1, -0.05) is 0 Å². The molecule has 3 heterocycles. The lowest BCUT2D eigenvalue weighted by atomic mass is 10.1. The van der Waals surface area contributed by atoms with Crippen molar-refractivity contribution in [2.45, 2.75) is 44.2 Å². The van der Waals surface area contributed by atoms with Crippen LogP contribution in [0.25, 0.3) is 11.1 Å². The number of halogens is 1. The molecule has 34 heavy (non-hydrogen) atoms. The Morgan fingerprint density at radius 3 is 2.79 bits per heavy atom. The zero-order valence-corrected chi connectivity index (χ0v) is 19.4. The van der Waals surface area contributed by atoms with E-state index in [0.717, 1.165) is 24.2 Å². The lowest BCUT2D eigenvalue weighted by Gasteiger charge is -2.25. The maximum absolute atomic E-state index is 14.3. The van der Waals surface area contributed by atoms with Gasteiger partial charge in [-0.25, -0.2) is 9.18 Å². The van der Waals surface area contributed by atoms with Gasteiger partial charge in [0, 0.05) is 25.6 Å². The third-order valence-corrected chi connectivity index (χ3v) is 6.91. The van der Waals surface area contributed by atoms with Crippen LogP contribution in [-0.4, -0.2) is 66.2 Å². The van der Waals surface area contributed by atoms with Crippen LogP contribution in [0.2, 0.25) is 0 Å². The number of rotatable bonds is 1. The summed E-state index contributed by atoms with van der Waals surface area (Å²) in [6.45, 7) is 1.08. The molecule has 182 valence electrons. The molecule has 1 aromatic heterocycles. The molecule has 8 nitrogen and oxygen atoms in total. The highest BCUT2D eigenvalue weighted by Gasteiger charge is 2.29. The fraction of sp³-hybridized carbons (Fsp3) is 0.458. The average molecular weight is 491 g/mol. The normalized spacial score (nSPS) is 22.4. The largest absolute Gasteiger partial charge is 0.491 e. The van der Waals surface area contributed by atoms with Crippen molar-refractivity contribution in [2.24, 2.45) is 0 Å². The van der Waals surface area contributed by atoms with Gasteiger partial charge in [0.25, 0.3) is 5.91 Å². The number of aliphatic carboxylic acids is 1. The first kappa shape index (κ1) is 24.2. The molecule has 1 aromatic carbocycles. The molecule has 2 N–H and O–H groups in total. The molecule has 1 saturated heterocycles. The smallest absolute Gasteiger partial charge is 0.328 e. The number of carboxylic acid groups (broad SMARTS) is 1. The second-order valence-corrected chi connectivity index (χ2v) is 9.38. The maximum Gasteiger partial charge on any atom is 0.328 e. The summed E-state index contributed by atoms with van der Waals surface area (Å²) in [4.78, 5) is 39.0. The highest BCUT2D eigenvalue weighted by molar-refractivity contribution is 7.12. The van der Waals surface area contributed by atoms with Crippen molar-refractivity contribution in [3.05, 3.63) is 40.3 Å². The first-order valence-corrected chi connectivity index (χ1v) is 12.2. The quantitative estimate of drug-likeness (QED) is 0.636. The zero-order chi connectivity index (χ0) is 24.1. The number of carbonyl (C=O) groups is 3. The molecule has 2 amide bonds. The van der Waals surface area contributed by atoms with Gasteiger partial charge in [-0.2, -0.15) is 0 Å². The Hall–Kier alpha value is -2.98. The molecule has 2 atom stereocenters. The standard InChI is InChI=1S/C24H27FN2O6S/c25-17-8-15-9-19(11-17)33-12-18-4-3-6-27(18)22(28)5-1-2-7-32-13-20(24(30)31)26-23(29)21-10-16(15)14-34-21/h8-11,14,18,20H,1-7,12-13H2,(H,26,29)(H,30,31). The number of carboxylic acids is 1. The Balaban J connectivity index is 1.58. The van der Waals surface area contributed by atoms with Crippen LogP contribution < -0.4 is 10.1 Å². The Bertz CT molecular complexity index is 1060. The van der Waals surface area contributed by atoms with E-state index in [0.29, 0.717) is 54.2 Å². The van der Waals surface area contributed by atoms with E-state index in [9.17, 15) is 23.9 Å². The first-order valence-electron chi connectivity index (χ1n) is 11.3. The van der Waals surface area contributed by atoms with Crippen LogP contribution in [0.5, 0.6) is 5.75 Å². The van der Waals surface area contributed by atoms with Crippen molar-refractivity contribution in [2.75, 3.05) is 26.4 Å². The molecule has 4 bridgehead atoms. The number of benzene rings is 1. The number of fused-ring (bicyclic) bond motifs is 6. The van der Waals surface area contributed by atoms with Crippen molar-refractivity contribution >= 4 is 29.1 Å². The number of carbonyl (C=O) groups excluding carboxylic acids is 2. The summed E-state index contributed by atoms with van der Waals surface area (Å²) < 4.78 is 25.7. The first-order chi connectivity index (χ1) is 16.4. The number of amides is 2. The van der Waals surface area contributed by atoms with Gasteiger partial charge in [-0.3, -0.25) is 9.59 Å². The fourth-order valence-corrected chi connectivity index (χ4v) is 5.00. The number of hydrogen-bond donors (Lipinski definition) is 2. The van der Waals surface area contributed by atoms with Crippen molar-refractivity contribution in [3.63, 3.8) is 0 Å². The molecule has 2 aliphatic heterocycles. The molecular weight excluding hydrogens is 463 g/mol. The fourth-order valence-electron chi connectivity index (χ4n) is 4.18. The summed E-state index contributed by atoms with van der Waals surface area (Å²) >= 11 is 1.14. The second-order valence-electron chi connectivity index (χ2n) is 8.47. The van der Waals surface area contributed by atoms with Crippen molar-refractivity contribution in [1.29, 1.82) is 0 Å². The van der Waals surface area contributed by atoms with Crippen molar-refractivity contribution in [3.8, 4) is 16.9 Å². The topological polar surface area (TPSA) is 105 Å². The van der Waals surface area contributed by atoms with E-state index in [4.69, 9.17) is 9.47 Å². The zero-order valence-electron chi connectivity index (χ0n) is 18.6. The van der Waals surface area contributed by atoms with Gasteiger partial charge in [-0.05, 0) is 60.4 Å². The van der Waals surface area contributed by atoms with Gasteiger partial charge in [0.15, 0.2) is 6.04 Å². The number of hydrogen-bond acceptors (Lipinski definition) is 6. The molecule has 2 aromatic rings. The SMILES string of the molecule is O=C1NC(C(=O)O)COCCCCC(=O)N2CCCC2COc2cc(F)cc(c2)-c2csc1c2. The summed E-state index contributed by atoms with van der Waals surface area (Å²) in [5.74, 6) is -1.82. The second kappa shape index (κ2) is 11.0. The van der Waals surface area contributed by atoms with Crippen molar-refractivity contribution in [1.82, 2.24) is 10.2 Å². The van der Waals surface area contributed by atoms with Crippen LogP contribution in [0.1, 0.15) is 41.8 Å². The summed E-state index contributed by atoms with van der Waals surface area (Å²) in [6, 6.07) is 4.67. The third-order valence-electron chi connectivity index (χ3n) is 5.99. The summed E-state index contributed by atoms with van der Waals surface area (Å²) in [7, 11) is 0. The predicted octanol–water partition coefficient (Wildman–Crippen LogP) is 3.31. The maximum atomic E-state index is 14.3. The van der Waals surface area contributed by atoms with Crippen molar-refractivity contribution < 1.29 is 33.4 Å². The van der Waals surface area contributed by atoms with E-state index < -0.39 is 23.7 Å². The monoisotopic (exact) mass is 490 g/mol. The lowest BCUT2D eigenvalue weighted by molar-refractivity contribution is -0.140. The molecule has 0 aliphatic carbocycles. The third kappa shape index (κ3) is 5.92. The Labute approximate surface area is 200 Å². The predicted molar refractivity (Wildman–Crippen MR) is 124 cm³/mol. The van der Waals surface area contributed by atoms with Crippen LogP contribution >= 0.6 is 11.3 Å². The van der Waals surface area contributed by atoms with E-state index in [1.165, 1.54) is 12.1 Å². The highest BCUT2D eigenvalue weighted by atomic mass is 32.1. The molecular formula is C24H27FN2O6S. The Kier molecular flexibility index (Phi) is 7.79. The van der Waals surface area contributed by atoms with E-state index >= 15 is 0 Å². The van der Waals surface area contributed by atoms with Crippen LogP contribution in [0.3, 0.4) is 0 Å². The van der Waals surface area contributed by atoms with Crippen LogP contribution in [0, 0.1) is 5.82 Å². The van der Waals surface area contributed by atoms with E-state index in [1.54, 1.807) is 17.5 Å². The van der Waals surface area contributed by atoms with Gasteiger partial charge in [0.1, 0.15) is 18.2 Å². The van der Waals surface area contributed by atoms with E-state index in [-0.39, 0.29) is 25.2 Å². The van der Waals surface area contributed by atoms with Gasteiger partial charge in [0.05, 0.1) is 17.5 Å². The van der Waals surface area contributed by atoms with Gasteiger partial charge < -0.3 is 24.8 Å². The average Bonchev–Trinajstić information content (AvgIpc) is 3.48. The van der Waals surface area contributed by atoms with Gasteiger partial charge in [-0.15, -0.1) is 11.3 Å². The summed E-state index contributed by atoms with van der Waals surface area (Å²) in [5.41, 5.74) is 1.16. The minimum Gasteiger partial charge on any atom is -0.491 e. The number of thiophene rings is 1. The van der Waals surface area contributed by atoms with Gasteiger partial charge in [0.2, 0.25) is 5.91 Å². The minimum atomic E-state index is -1.20. The molecule has 4 rings (SSSR count). The molecule has 0 radical (unpaired) electrons. The molecule has 2 aliphatic rings. The summed E-state index contributed by atoms with van der Waals surface area (Å²) in [5, 5.41) is 13.6. The number of nitrogens with zero attached hydrogens (tertiary/aromatic N) is 1. The number of nitrogens with one attached hydrogen (secondary N) is 1. The molecule has 2 unspecified atom stereocenters. The molecule has 1 fully saturated rings.